The highest BCUT2D eigenvalue weighted by molar-refractivity contribution is 5.80. The van der Waals surface area contributed by atoms with Crippen LogP contribution in [0.1, 0.15) is 24.8 Å². The molecule has 1 N–H and O–H groups in total. The molecule has 0 aromatic carbocycles. The maximum Gasteiger partial charge on any atom is 0.225 e. The molecule has 0 spiro atoms. The van der Waals surface area contributed by atoms with Gasteiger partial charge in [0.15, 0.2) is 5.96 Å². The highest BCUT2D eigenvalue weighted by Gasteiger charge is 2.31. The molecular weight excluding hydrogens is 342 g/mol. The van der Waals surface area contributed by atoms with Gasteiger partial charge in [0.1, 0.15) is 0 Å². The van der Waals surface area contributed by atoms with Gasteiger partial charge in [0.2, 0.25) is 5.91 Å². The van der Waals surface area contributed by atoms with Crippen LogP contribution in [0.25, 0.3) is 0 Å². The normalized spacial score (nSPS) is 19.1. The molecule has 8 nitrogen and oxygen atoms in total. The van der Waals surface area contributed by atoms with E-state index < -0.39 is 0 Å². The molecule has 1 aliphatic heterocycles. The average molecular weight is 376 g/mol. The summed E-state index contributed by atoms with van der Waals surface area (Å²) in [6, 6.07) is 0. The van der Waals surface area contributed by atoms with E-state index in [1.165, 1.54) is 6.42 Å². The zero-order valence-electron chi connectivity index (χ0n) is 16.9. The summed E-state index contributed by atoms with van der Waals surface area (Å²) < 4.78 is 1.81. The van der Waals surface area contributed by atoms with Gasteiger partial charge in [0.05, 0.1) is 6.20 Å². The minimum absolute atomic E-state index is 0.317. The summed E-state index contributed by atoms with van der Waals surface area (Å²) in [5, 5.41) is 7.65. The first kappa shape index (κ1) is 19.7. The summed E-state index contributed by atoms with van der Waals surface area (Å²) in [5.74, 6) is 1.59. The Bertz CT molecular complexity index is 644. The van der Waals surface area contributed by atoms with Crippen LogP contribution >= 0.6 is 0 Å². The molecular formula is C19H33N7O. The van der Waals surface area contributed by atoms with Crippen LogP contribution in [0.3, 0.4) is 0 Å². The molecule has 0 radical (unpaired) electrons. The minimum atomic E-state index is 0.317. The van der Waals surface area contributed by atoms with Crippen LogP contribution in [0.5, 0.6) is 0 Å². The zero-order chi connectivity index (χ0) is 19.2. The van der Waals surface area contributed by atoms with E-state index in [9.17, 15) is 4.79 Å². The van der Waals surface area contributed by atoms with Gasteiger partial charge in [0.25, 0.3) is 0 Å². The summed E-state index contributed by atoms with van der Waals surface area (Å²) >= 11 is 0. The first-order valence-corrected chi connectivity index (χ1v) is 9.97. The van der Waals surface area contributed by atoms with Gasteiger partial charge in [-0.15, -0.1) is 0 Å². The predicted octanol–water partition coefficient (Wildman–Crippen LogP) is 0.372. The fourth-order valence-electron chi connectivity index (χ4n) is 3.72. The summed E-state index contributed by atoms with van der Waals surface area (Å²) in [5.41, 5.74) is 1.16. The molecule has 1 saturated carbocycles. The van der Waals surface area contributed by atoms with Gasteiger partial charge in [-0.1, -0.05) is 6.42 Å². The number of aryl methyl sites for hydroxylation is 1. The lowest BCUT2D eigenvalue weighted by atomic mass is 9.84. The average Bonchev–Trinajstić information content (AvgIpc) is 3.02. The molecule has 2 fully saturated rings. The van der Waals surface area contributed by atoms with Crippen LogP contribution in [-0.2, 0) is 18.4 Å². The number of aromatic nitrogens is 2. The van der Waals surface area contributed by atoms with Gasteiger partial charge in [0, 0.05) is 84.6 Å². The van der Waals surface area contributed by atoms with Crippen molar-refractivity contribution in [3.8, 4) is 0 Å². The standard InChI is InChI=1S/C19H33N7O/c1-20-19(23(2)14-16-13-22-24(3)15-16)21-7-8-25-9-11-26(12-10-25)18(27)17-5-4-6-17/h13,15,17H,4-12,14H2,1-3H3,(H,20,21). The monoisotopic (exact) mass is 375 g/mol. The first-order chi connectivity index (χ1) is 13.1. The molecule has 0 bridgehead atoms. The third kappa shape index (κ3) is 5.22. The Balaban J connectivity index is 1.35. The third-order valence-corrected chi connectivity index (χ3v) is 5.60. The van der Waals surface area contributed by atoms with Crippen LogP contribution < -0.4 is 5.32 Å². The van der Waals surface area contributed by atoms with Crippen molar-refractivity contribution in [2.24, 2.45) is 18.0 Å². The van der Waals surface area contributed by atoms with Gasteiger partial charge >= 0.3 is 0 Å². The number of nitrogens with one attached hydrogen (secondary N) is 1. The molecule has 1 amide bonds. The van der Waals surface area contributed by atoms with E-state index in [-0.39, 0.29) is 0 Å². The lowest BCUT2D eigenvalue weighted by molar-refractivity contribution is -0.139. The molecule has 1 aromatic heterocycles. The van der Waals surface area contributed by atoms with Crippen LogP contribution in [-0.4, -0.2) is 89.7 Å². The van der Waals surface area contributed by atoms with E-state index in [2.05, 4.69) is 30.1 Å². The number of hydrogen-bond acceptors (Lipinski definition) is 4. The zero-order valence-corrected chi connectivity index (χ0v) is 16.9. The second kappa shape index (κ2) is 9.21. The van der Waals surface area contributed by atoms with Gasteiger partial charge in [-0.25, -0.2) is 0 Å². The topological polar surface area (TPSA) is 69.0 Å². The van der Waals surface area contributed by atoms with Crippen molar-refractivity contribution in [2.45, 2.75) is 25.8 Å². The van der Waals surface area contributed by atoms with Crippen molar-refractivity contribution in [1.29, 1.82) is 0 Å². The van der Waals surface area contributed by atoms with Crippen LogP contribution in [0, 0.1) is 5.92 Å². The molecule has 0 atom stereocenters. The summed E-state index contributed by atoms with van der Waals surface area (Å²) in [7, 11) is 5.77. The Morgan fingerprint density at radius 1 is 1.33 bits per heavy atom. The Labute approximate surface area is 162 Å². The fourth-order valence-corrected chi connectivity index (χ4v) is 3.72. The molecule has 0 unspecified atom stereocenters. The maximum atomic E-state index is 12.3. The van der Waals surface area contributed by atoms with Crippen LogP contribution in [0.15, 0.2) is 17.4 Å². The maximum absolute atomic E-state index is 12.3. The Morgan fingerprint density at radius 3 is 2.63 bits per heavy atom. The summed E-state index contributed by atoms with van der Waals surface area (Å²) in [4.78, 5) is 23.3. The summed E-state index contributed by atoms with van der Waals surface area (Å²) in [6.45, 7) is 6.24. The molecule has 2 aliphatic rings. The van der Waals surface area contributed by atoms with E-state index in [0.717, 1.165) is 70.2 Å². The number of carbonyl (C=O) groups is 1. The van der Waals surface area contributed by atoms with Crippen molar-refractivity contribution in [1.82, 2.24) is 29.8 Å². The Hall–Kier alpha value is -2.09. The smallest absolute Gasteiger partial charge is 0.225 e. The number of piperazine rings is 1. The molecule has 2 heterocycles. The van der Waals surface area contributed by atoms with Crippen LogP contribution in [0.2, 0.25) is 0 Å². The molecule has 1 saturated heterocycles. The molecule has 8 heteroatoms. The fraction of sp³-hybridized carbons (Fsp3) is 0.737. The lowest BCUT2D eigenvalue weighted by Gasteiger charge is -2.38. The second-order valence-electron chi connectivity index (χ2n) is 7.65. The number of carbonyl (C=O) groups excluding carboxylic acids is 1. The first-order valence-electron chi connectivity index (χ1n) is 9.97. The number of guanidine groups is 1. The van der Waals surface area contributed by atoms with Gasteiger partial charge < -0.3 is 15.1 Å². The molecule has 150 valence electrons. The SMILES string of the molecule is CN=C(NCCN1CCN(C(=O)C2CCC2)CC1)N(C)Cc1cnn(C)c1. The predicted molar refractivity (Wildman–Crippen MR) is 106 cm³/mol. The largest absolute Gasteiger partial charge is 0.355 e. The van der Waals surface area contributed by atoms with Crippen molar-refractivity contribution >= 4 is 11.9 Å². The highest BCUT2D eigenvalue weighted by atomic mass is 16.2. The highest BCUT2D eigenvalue weighted by Crippen LogP contribution is 2.28. The van der Waals surface area contributed by atoms with Crippen molar-refractivity contribution < 1.29 is 4.79 Å². The van der Waals surface area contributed by atoms with E-state index in [4.69, 9.17) is 0 Å². The van der Waals surface area contributed by atoms with Gasteiger partial charge in [-0.05, 0) is 12.8 Å². The number of hydrogen-bond donors (Lipinski definition) is 1. The second-order valence-corrected chi connectivity index (χ2v) is 7.65. The van der Waals surface area contributed by atoms with E-state index in [1.807, 2.05) is 38.2 Å². The molecule has 3 rings (SSSR count). The number of rotatable bonds is 6. The molecule has 27 heavy (non-hydrogen) atoms. The van der Waals surface area contributed by atoms with Crippen molar-refractivity contribution in [2.75, 3.05) is 53.4 Å². The van der Waals surface area contributed by atoms with E-state index in [0.29, 0.717) is 11.8 Å². The Kier molecular flexibility index (Phi) is 6.71. The minimum Gasteiger partial charge on any atom is -0.355 e. The quantitative estimate of drug-likeness (QED) is 0.575. The van der Waals surface area contributed by atoms with Crippen LogP contribution in [0.4, 0.5) is 0 Å². The number of aliphatic imine (C=N–C) groups is 1. The molecule has 1 aliphatic carbocycles. The molecule has 1 aromatic rings. The van der Waals surface area contributed by atoms with Crippen molar-refractivity contribution in [3.05, 3.63) is 18.0 Å². The lowest BCUT2D eigenvalue weighted by Crippen LogP contribution is -2.52. The van der Waals surface area contributed by atoms with Crippen molar-refractivity contribution in [3.63, 3.8) is 0 Å². The number of nitrogens with zero attached hydrogens (tertiary/aromatic N) is 6. The number of amides is 1. The summed E-state index contributed by atoms with van der Waals surface area (Å²) in [6.07, 6.45) is 7.31. The third-order valence-electron chi connectivity index (χ3n) is 5.60. The van der Waals surface area contributed by atoms with E-state index in [1.54, 1.807) is 0 Å². The Morgan fingerprint density at radius 2 is 2.07 bits per heavy atom. The van der Waals surface area contributed by atoms with Gasteiger partial charge in [-0.2, -0.15) is 5.10 Å². The van der Waals surface area contributed by atoms with Gasteiger partial charge in [-0.3, -0.25) is 19.4 Å². The van der Waals surface area contributed by atoms with E-state index >= 15 is 0 Å².